The SMILES string of the molecule is O=C(CSc1nnnn1-c1ccc(OC(F)(F)F)cc1)c1cccc(N2CCCC2=O)c1. The van der Waals surface area contributed by atoms with Gasteiger partial charge in [0.25, 0.3) is 0 Å². The molecule has 12 heteroatoms. The van der Waals surface area contributed by atoms with Gasteiger partial charge in [0.2, 0.25) is 11.1 Å². The number of thioether (sulfide) groups is 1. The number of Topliss-reactive ketones (excluding diaryl/α,β-unsaturated/α-hetero) is 1. The van der Waals surface area contributed by atoms with Crippen molar-refractivity contribution >= 4 is 29.1 Å². The van der Waals surface area contributed by atoms with Gasteiger partial charge in [-0.3, -0.25) is 9.59 Å². The second kappa shape index (κ2) is 8.99. The van der Waals surface area contributed by atoms with Crippen LogP contribution in [0.5, 0.6) is 5.75 Å². The van der Waals surface area contributed by atoms with Crippen LogP contribution < -0.4 is 9.64 Å². The molecule has 1 fully saturated rings. The smallest absolute Gasteiger partial charge is 0.406 e. The van der Waals surface area contributed by atoms with Crippen LogP contribution >= 0.6 is 11.8 Å². The average Bonchev–Trinajstić information content (AvgIpc) is 3.40. The van der Waals surface area contributed by atoms with E-state index in [1.54, 1.807) is 29.2 Å². The van der Waals surface area contributed by atoms with Gasteiger partial charge in [-0.1, -0.05) is 23.9 Å². The lowest BCUT2D eigenvalue weighted by Gasteiger charge is -2.16. The average molecular weight is 463 g/mol. The summed E-state index contributed by atoms with van der Waals surface area (Å²) in [6.07, 6.45) is -3.49. The number of ether oxygens (including phenoxy) is 1. The summed E-state index contributed by atoms with van der Waals surface area (Å²) < 4.78 is 42.1. The van der Waals surface area contributed by atoms with Crippen molar-refractivity contribution in [1.29, 1.82) is 0 Å². The number of nitrogens with zero attached hydrogens (tertiary/aromatic N) is 5. The zero-order chi connectivity index (χ0) is 22.7. The number of rotatable bonds is 7. The highest BCUT2D eigenvalue weighted by atomic mass is 32.2. The number of amides is 1. The first kappa shape index (κ1) is 21.8. The second-order valence-electron chi connectivity index (χ2n) is 6.83. The van der Waals surface area contributed by atoms with Crippen molar-refractivity contribution in [2.45, 2.75) is 24.4 Å². The van der Waals surface area contributed by atoms with E-state index in [-0.39, 0.29) is 23.2 Å². The van der Waals surface area contributed by atoms with Crippen molar-refractivity contribution < 1.29 is 27.5 Å². The number of hydrogen-bond donors (Lipinski definition) is 0. The first-order valence-corrected chi connectivity index (χ1v) is 10.5. The normalized spacial score (nSPS) is 14.1. The zero-order valence-corrected chi connectivity index (χ0v) is 17.3. The molecule has 1 saturated heterocycles. The van der Waals surface area contributed by atoms with Crippen LogP contribution in [0.3, 0.4) is 0 Å². The Hall–Kier alpha value is -3.41. The topological polar surface area (TPSA) is 90.2 Å². The third-order valence-corrected chi connectivity index (χ3v) is 5.56. The maximum absolute atomic E-state index is 12.7. The molecule has 0 saturated carbocycles. The highest BCUT2D eigenvalue weighted by Gasteiger charge is 2.31. The Morgan fingerprint density at radius 2 is 1.91 bits per heavy atom. The van der Waals surface area contributed by atoms with Gasteiger partial charge < -0.3 is 9.64 Å². The van der Waals surface area contributed by atoms with Crippen LogP contribution in [0.25, 0.3) is 5.69 Å². The summed E-state index contributed by atoms with van der Waals surface area (Å²) >= 11 is 1.09. The number of hydrogen-bond acceptors (Lipinski definition) is 7. The van der Waals surface area contributed by atoms with E-state index in [4.69, 9.17) is 0 Å². The van der Waals surface area contributed by atoms with Crippen molar-refractivity contribution in [3.05, 3.63) is 54.1 Å². The van der Waals surface area contributed by atoms with Crippen molar-refractivity contribution in [2.75, 3.05) is 17.2 Å². The highest BCUT2D eigenvalue weighted by Crippen LogP contribution is 2.26. The molecule has 0 bridgehead atoms. The molecule has 4 rings (SSSR count). The predicted molar refractivity (Wildman–Crippen MR) is 109 cm³/mol. The molecule has 0 aliphatic carbocycles. The van der Waals surface area contributed by atoms with Crippen LogP contribution in [0, 0.1) is 0 Å². The van der Waals surface area contributed by atoms with Gasteiger partial charge in [-0.2, -0.15) is 4.68 Å². The van der Waals surface area contributed by atoms with Crippen molar-refractivity contribution in [1.82, 2.24) is 20.2 Å². The highest BCUT2D eigenvalue weighted by molar-refractivity contribution is 7.99. The van der Waals surface area contributed by atoms with Gasteiger partial charge in [0.1, 0.15) is 5.75 Å². The Balaban J connectivity index is 1.43. The van der Waals surface area contributed by atoms with Crippen LogP contribution in [-0.2, 0) is 4.79 Å². The van der Waals surface area contributed by atoms with Gasteiger partial charge in [-0.25, -0.2) is 0 Å². The third-order valence-electron chi connectivity index (χ3n) is 4.64. The summed E-state index contributed by atoms with van der Waals surface area (Å²) in [4.78, 5) is 26.3. The number of anilines is 1. The molecule has 1 aliphatic rings. The minimum Gasteiger partial charge on any atom is -0.406 e. The molecular formula is C20H16F3N5O3S. The molecule has 32 heavy (non-hydrogen) atoms. The molecule has 2 aromatic carbocycles. The largest absolute Gasteiger partial charge is 0.573 e. The molecule has 2 heterocycles. The molecule has 1 aromatic heterocycles. The molecule has 0 radical (unpaired) electrons. The molecule has 0 spiro atoms. The molecule has 1 aliphatic heterocycles. The van der Waals surface area contributed by atoms with Gasteiger partial charge in [0, 0.05) is 24.2 Å². The van der Waals surface area contributed by atoms with E-state index in [1.807, 2.05) is 0 Å². The van der Waals surface area contributed by atoms with Gasteiger partial charge >= 0.3 is 6.36 Å². The second-order valence-corrected chi connectivity index (χ2v) is 7.77. The zero-order valence-electron chi connectivity index (χ0n) is 16.5. The number of alkyl halides is 3. The molecule has 3 aromatic rings. The van der Waals surface area contributed by atoms with E-state index in [2.05, 4.69) is 20.3 Å². The first-order chi connectivity index (χ1) is 15.3. The molecular weight excluding hydrogens is 447 g/mol. The molecule has 0 N–H and O–H groups in total. The summed E-state index contributed by atoms with van der Waals surface area (Å²) in [5, 5.41) is 11.6. The lowest BCUT2D eigenvalue weighted by molar-refractivity contribution is -0.274. The summed E-state index contributed by atoms with van der Waals surface area (Å²) in [5.41, 5.74) is 1.56. The van der Waals surface area contributed by atoms with E-state index in [0.717, 1.165) is 30.3 Å². The fourth-order valence-electron chi connectivity index (χ4n) is 3.20. The van der Waals surface area contributed by atoms with Gasteiger partial charge in [0.05, 0.1) is 11.4 Å². The number of aromatic nitrogens is 4. The van der Waals surface area contributed by atoms with E-state index in [9.17, 15) is 22.8 Å². The predicted octanol–water partition coefficient (Wildman–Crippen LogP) is 3.66. The lowest BCUT2D eigenvalue weighted by Crippen LogP contribution is -2.23. The van der Waals surface area contributed by atoms with Gasteiger partial charge in [0.15, 0.2) is 5.78 Å². The van der Waals surface area contributed by atoms with Crippen LogP contribution in [0.15, 0.2) is 53.7 Å². The summed E-state index contributed by atoms with van der Waals surface area (Å²) in [6.45, 7) is 0.632. The Morgan fingerprint density at radius 1 is 1.12 bits per heavy atom. The molecule has 0 unspecified atom stereocenters. The quantitative estimate of drug-likeness (QED) is 0.390. The molecule has 0 atom stereocenters. The van der Waals surface area contributed by atoms with Crippen LogP contribution in [0.2, 0.25) is 0 Å². The van der Waals surface area contributed by atoms with Gasteiger partial charge in [-0.05, 0) is 53.2 Å². The fourth-order valence-corrected chi connectivity index (χ4v) is 3.99. The van der Waals surface area contributed by atoms with Crippen molar-refractivity contribution in [3.63, 3.8) is 0 Å². The van der Waals surface area contributed by atoms with E-state index < -0.39 is 6.36 Å². The minimum atomic E-state index is -4.78. The van der Waals surface area contributed by atoms with Crippen molar-refractivity contribution in [2.24, 2.45) is 0 Å². The Labute approximate surface area is 184 Å². The lowest BCUT2D eigenvalue weighted by atomic mass is 10.1. The standard InChI is InChI=1S/C20H16F3N5O3S/c21-20(22,23)31-16-8-6-14(7-9-16)28-19(24-25-26-28)32-12-17(29)13-3-1-4-15(11-13)27-10-2-5-18(27)30/h1,3-4,6-9,11H,2,5,10,12H2. The van der Waals surface area contributed by atoms with Crippen LogP contribution in [-0.4, -0.2) is 50.6 Å². The number of halogens is 3. The van der Waals surface area contributed by atoms with Crippen molar-refractivity contribution in [3.8, 4) is 11.4 Å². The number of carbonyl (C=O) groups is 2. The molecule has 1 amide bonds. The monoisotopic (exact) mass is 463 g/mol. The van der Waals surface area contributed by atoms with E-state index in [1.165, 1.54) is 16.8 Å². The maximum atomic E-state index is 12.7. The van der Waals surface area contributed by atoms with Crippen LogP contribution in [0.4, 0.5) is 18.9 Å². The first-order valence-electron chi connectivity index (χ1n) is 9.51. The Bertz CT molecular complexity index is 1130. The molecule has 8 nitrogen and oxygen atoms in total. The summed E-state index contributed by atoms with van der Waals surface area (Å²) in [6, 6.07) is 11.9. The Morgan fingerprint density at radius 3 is 2.59 bits per heavy atom. The van der Waals surface area contributed by atoms with E-state index in [0.29, 0.717) is 35.1 Å². The van der Waals surface area contributed by atoms with E-state index >= 15 is 0 Å². The molecule has 166 valence electrons. The van der Waals surface area contributed by atoms with Gasteiger partial charge in [-0.15, -0.1) is 18.3 Å². The maximum Gasteiger partial charge on any atom is 0.573 e. The number of tetrazole rings is 1. The summed E-state index contributed by atoms with van der Waals surface area (Å²) in [7, 11) is 0. The Kier molecular flexibility index (Phi) is 6.12. The number of carbonyl (C=O) groups excluding carboxylic acids is 2. The minimum absolute atomic E-state index is 0.0348. The van der Waals surface area contributed by atoms with Crippen LogP contribution in [0.1, 0.15) is 23.2 Å². The fraction of sp³-hybridized carbons (Fsp3) is 0.250. The number of benzene rings is 2. The third kappa shape index (κ3) is 5.07. The summed E-state index contributed by atoms with van der Waals surface area (Å²) in [5.74, 6) is -0.468. The number of ketones is 1.